The topological polar surface area (TPSA) is 64.1 Å². The van der Waals surface area contributed by atoms with Gasteiger partial charge in [-0.25, -0.2) is 4.79 Å². The Balaban J connectivity index is 2.05. The molecule has 0 atom stereocenters. The number of nitrogens with one attached hydrogen (secondary N) is 1. The molecule has 0 aliphatic carbocycles. The predicted octanol–water partition coefficient (Wildman–Crippen LogP) is 4.71. The molecule has 23 heavy (non-hydrogen) atoms. The second kappa shape index (κ2) is 5.96. The summed E-state index contributed by atoms with van der Waals surface area (Å²) >= 11 is 1.56. The maximum Gasteiger partial charge on any atom is 0.412 e. The Kier molecular flexibility index (Phi) is 4.00. The smallest absolute Gasteiger partial charge is 0.412 e. The molecule has 0 fully saturated rings. The summed E-state index contributed by atoms with van der Waals surface area (Å²) in [5.74, 6) is 0. The lowest BCUT2D eigenvalue weighted by Crippen LogP contribution is -2.27. The quantitative estimate of drug-likeness (QED) is 0.740. The number of carbonyl (C=O) groups excluding carboxylic acids is 1. The highest BCUT2D eigenvalue weighted by Gasteiger charge is 2.20. The van der Waals surface area contributed by atoms with Crippen LogP contribution in [0.2, 0.25) is 0 Å². The number of hydrogen-bond donors (Lipinski definition) is 1. The molecule has 0 aliphatic rings. The summed E-state index contributed by atoms with van der Waals surface area (Å²) in [5, 5.41) is 3.82. The average Bonchev–Trinajstić information content (AvgIpc) is 2.85. The van der Waals surface area contributed by atoms with Crippen LogP contribution in [0.1, 0.15) is 20.8 Å². The third-order valence-electron chi connectivity index (χ3n) is 3.04. The Bertz CT molecular complexity index is 838. The third-order valence-corrected chi connectivity index (χ3v) is 4.23. The van der Waals surface area contributed by atoms with Crippen LogP contribution in [0.15, 0.2) is 43.0 Å². The van der Waals surface area contributed by atoms with Crippen molar-refractivity contribution in [1.82, 2.24) is 9.97 Å². The Morgan fingerprint density at radius 2 is 1.96 bits per heavy atom. The lowest BCUT2D eigenvalue weighted by molar-refractivity contribution is 0.0636. The van der Waals surface area contributed by atoms with E-state index >= 15 is 0 Å². The van der Waals surface area contributed by atoms with Crippen LogP contribution >= 0.6 is 11.3 Å². The predicted molar refractivity (Wildman–Crippen MR) is 92.7 cm³/mol. The van der Waals surface area contributed by atoms with E-state index in [0.29, 0.717) is 0 Å². The van der Waals surface area contributed by atoms with Crippen LogP contribution in [0.5, 0.6) is 0 Å². The number of thiophene rings is 1. The Morgan fingerprint density at radius 1 is 1.17 bits per heavy atom. The maximum atomic E-state index is 12.2. The highest BCUT2D eigenvalue weighted by atomic mass is 32.1. The van der Waals surface area contributed by atoms with Crippen LogP contribution in [0.3, 0.4) is 0 Å². The molecular weight excluding hydrogens is 310 g/mol. The molecule has 0 spiro atoms. The number of nitrogens with zero attached hydrogens (tertiary/aromatic N) is 2. The van der Waals surface area contributed by atoms with Gasteiger partial charge in [0, 0.05) is 35.7 Å². The third kappa shape index (κ3) is 3.48. The van der Waals surface area contributed by atoms with E-state index in [1.54, 1.807) is 36.1 Å². The molecule has 0 radical (unpaired) electrons. The molecule has 0 bridgehead atoms. The fraction of sp³-hybridized carbons (Fsp3) is 0.235. The average molecular weight is 327 g/mol. The monoisotopic (exact) mass is 327 g/mol. The van der Waals surface area contributed by atoms with Crippen molar-refractivity contribution in [3.05, 3.63) is 43.0 Å². The van der Waals surface area contributed by atoms with Gasteiger partial charge in [-0.05, 0) is 32.9 Å². The van der Waals surface area contributed by atoms with Crippen LogP contribution in [-0.2, 0) is 4.74 Å². The Morgan fingerprint density at radius 3 is 2.65 bits per heavy atom. The normalized spacial score (nSPS) is 11.4. The standard InChI is InChI=1S/C17H17N3O2S/c1-17(2,3)22-16(21)20-14-12-6-8-19-10-13(12)23-15(14)11-5-4-7-18-9-11/h4-10H,1-3H3,(H,20,21). The van der Waals surface area contributed by atoms with Crippen LogP contribution < -0.4 is 5.32 Å². The van der Waals surface area contributed by atoms with Gasteiger partial charge in [-0.3, -0.25) is 15.3 Å². The van der Waals surface area contributed by atoms with Gasteiger partial charge >= 0.3 is 6.09 Å². The summed E-state index contributed by atoms with van der Waals surface area (Å²) < 4.78 is 6.37. The van der Waals surface area contributed by atoms with E-state index in [0.717, 1.165) is 26.2 Å². The van der Waals surface area contributed by atoms with E-state index in [4.69, 9.17) is 4.74 Å². The molecule has 3 heterocycles. The van der Waals surface area contributed by atoms with Gasteiger partial charge in [0.15, 0.2) is 0 Å². The molecule has 1 amide bonds. The highest BCUT2D eigenvalue weighted by molar-refractivity contribution is 7.23. The lowest BCUT2D eigenvalue weighted by atomic mass is 10.1. The van der Waals surface area contributed by atoms with Crippen LogP contribution in [0.25, 0.3) is 20.5 Å². The number of hydrogen-bond acceptors (Lipinski definition) is 5. The molecule has 3 rings (SSSR count). The molecule has 0 aromatic carbocycles. The minimum Gasteiger partial charge on any atom is -0.444 e. The first-order chi connectivity index (χ1) is 10.9. The fourth-order valence-corrected chi connectivity index (χ4v) is 3.30. The highest BCUT2D eigenvalue weighted by Crippen LogP contribution is 2.42. The van der Waals surface area contributed by atoms with Crippen molar-refractivity contribution < 1.29 is 9.53 Å². The van der Waals surface area contributed by atoms with Crippen molar-refractivity contribution in [2.75, 3.05) is 5.32 Å². The van der Waals surface area contributed by atoms with Gasteiger partial charge in [0.25, 0.3) is 0 Å². The zero-order valence-corrected chi connectivity index (χ0v) is 14.0. The summed E-state index contributed by atoms with van der Waals surface area (Å²) in [6.45, 7) is 5.51. The van der Waals surface area contributed by atoms with Crippen molar-refractivity contribution in [2.45, 2.75) is 26.4 Å². The van der Waals surface area contributed by atoms with Crippen molar-refractivity contribution in [2.24, 2.45) is 0 Å². The fourth-order valence-electron chi connectivity index (χ4n) is 2.18. The molecule has 5 nitrogen and oxygen atoms in total. The molecular formula is C17H17N3O2S. The lowest BCUT2D eigenvalue weighted by Gasteiger charge is -2.20. The molecule has 0 saturated heterocycles. The molecule has 6 heteroatoms. The Hall–Kier alpha value is -2.47. The molecule has 1 N–H and O–H groups in total. The first-order valence-corrected chi connectivity index (χ1v) is 8.02. The van der Waals surface area contributed by atoms with Gasteiger partial charge in [0.1, 0.15) is 5.60 Å². The number of carbonyl (C=O) groups is 1. The van der Waals surface area contributed by atoms with Crippen molar-refractivity contribution >= 4 is 33.2 Å². The number of fused-ring (bicyclic) bond motifs is 1. The zero-order chi connectivity index (χ0) is 16.4. The molecule has 0 saturated carbocycles. The molecule has 118 valence electrons. The van der Waals surface area contributed by atoms with E-state index in [-0.39, 0.29) is 0 Å². The second-order valence-electron chi connectivity index (χ2n) is 6.05. The molecule has 0 unspecified atom stereocenters. The SMILES string of the molecule is CC(C)(C)OC(=O)Nc1c(-c2cccnc2)sc2cnccc12. The first kappa shape index (κ1) is 15.4. The van der Waals surface area contributed by atoms with E-state index < -0.39 is 11.7 Å². The zero-order valence-electron chi connectivity index (χ0n) is 13.2. The van der Waals surface area contributed by atoms with Crippen molar-refractivity contribution in [1.29, 1.82) is 0 Å². The second-order valence-corrected chi connectivity index (χ2v) is 7.10. The van der Waals surface area contributed by atoms with Gasteiger partial charge in [-0.2, -0.15) is 0 Å². The molecule has 3 aromatic heterocycles. The van der Waals surface area contributed by atoms with Crippen LogP contribution in [-0.4, -0.2) is 21.7 Å². The minimum atomic E-state index is -0.550. The van der Waals surface area contributed by atoms with Crippen LogP contribution in [0, 0.1) is 0 Å². The molecule has 0 aliphatic heterocycles. The van der Waals surface area contributed by atoms with E-state index in [1.165, 1.54) is 0 Å². The first-order valence-electron chi connectivity index (χ1n) is 7.21. The molecule has 3 aromatic rings. The summed E-state index contributed by atoms with van der Waals surface area (Å²) in [6, 6.07) is 5.72. The van der Waals surface area contributed by atoms with E-state index in [1.807, 2.05) is 39.0 Å². The van der Waals surface area contributed by atoms with E-state index in [9.17, 15) is 4.79 Å². The number of rotatable bonds is 2. The summed E-state index contributed by atoms with van der Waals surface area (Å²) in [7, 11) is 0. The van der Waals surface area contributed by atoms with Gasteiger partial charge in [-0.15, -0.1) is 11.3 Å². The number of pyridine rings is 2. The van der Waals surface area contributed by atoms with Crippen molar-refractivity contribution in [3.63, 3.8) is 0 Å². The number of ether oxygens (including phenoxy) is 1. The van der Waals surface area contributed by atoms with Gasteiger partial charge in [0.2, 0.25) is 0 Å². The largest absolute Gasteiger partial charge is 0.444 e. The minimum absolute atomic E-state index is 0.473. The summed E-state index contributed by atoms with van der Waals surface area (Å²) in [6.07, 6.45) is 6.53. The number of anilines is 1. The van der Waals surface area contributed by atoms with Crippen molar-refractivity contribution in [3.8, 4) is 10.4 Å². The Labute approximate surface area is 138 Å². The van der Waals surface area contributed by atoms with E-state index in [2.05, 4.69) is 15.3 Å². The van der Waals surface area contributed by atoms with Gasteiger partial charge in [-0.1, -0.05) is 6.07 Å². The number of amides is 1. The number of aromatic nitrogens is 2. The maximum absolute atomic E-state index is 12.2. The van der Waals surface area contributed by atoms with Gasteiger partial charge < -0.3 is 4.74 Å². The van der Waals surface area contributed by atoms with Gasteiger partial charge in [0.05, 0.1) is 15.3 Å². The summed E-state index contributed by atoms with van der Waals surface area (Å²) in [5.41, 5.74) is 1.13. The summed E-state index contributed by atoms with van der Waals surface area (Å²) in [4.78, 5) is 21.4. The van der Waals surface area contributed by atoms with Crippen LogP contribution in [0.4, 0.5) is 10.5 Å².